The normalized spacial score (nSPS) is 24.5. The molecule has 2 saturated heterocycles. The minimum Gasteiger partial charge on any atom is -0.398 e. The monoisotopic (exact) mass is 290 g/mol. The molecule has 3 heterocycles. The number of nitrogens with zero attached hydrogens (tertiary/aromatic N) is 3. The summed E-state index contributed by atoms with van der Waals surface area (Å²) in [5, 5.41) is 0. The van der Waals surface area contributed by atoms with E-state index >= 15 is 0 Å². The highest BCUT2D eigenvalue weighted by atomic mass is 16.1. The Kier molecular flexibility index (Phi) is 4.60. The highest BCUT2D eigenvalue weighted by molar-refractivity contribution is 5.33. The Labute approximate surface area is 126 Å². The summed E-state index contributed by atoms with van der Waals surface area (Å²) in [7, 11) is 0. The lowest BCUT2D eigenvalue weighted by atomic mass is 10.1. The lowest BCUT2D eigenvalue weighted by Gasteiger charge is -2.32. The van der Waals surface area contributed by atoms with Crippen LogP contribution in [0.15, 0.2) is 23.1 Å². The predicted octanol–water partition coefficient (Wildman–Crippen LogP) is 0.991. The third-order valence-electron chi connectivity index (χ3n) is 4.82. The van der Waals surface area contributed by atoms with Gasteiger partial charge < -0.3 is 10.3 Å². The Morgan fingerprint density at radius 3 is 2.71 bits per heavy atom. The number of pyridine rings is 1. The first-order valence-electron chi connectivity index (χ1n) is 8.15. The number of hydrogen-bond donors (Lipinski definition) is 1. The molecule has 0 aliphatic carbocycles. The third kappa shape index (κ3) is 3.66. The molecule has 1 atom stereocenters. The van der Waals surface area contributed by atoms with Gasteiger partial charge in [0.25, 0.3) is 5.56 Å². The van der Waals surface area contributed by atoms with Gasteiger partial charge in [-0.25, -0.2) is 0 Å². The molecule has 116 valence electrons. The van der Waals surface area contributed by atoms with Crippen molar-refractivity contribution in [2.24, 2.45) is 0 Å². The van der Waals surface area contributed by atoms with Crippen molar-refractivity contribution < 1.29 is 0 Å². The van der Waals surface area contributed by atoms with Crippen LogP contribution in [0.1, 0.15) is 25.7 Å². The van der Waals surface area contributed by atoms with Gasteiger partial charge in [0.05, 0.1) is 0 Å². The number of aromatic nitrogens is 1. The van der Waals surface area contributed by atoms with Gasteiger partial charge in [-0.3, -0.25) is 14.6 Å². The second-order valence-corrected chi connectivity index (χ2v) is 6.33. The molecule has 0 spiro atoms. The van der Waals surface area contributed by atoms with Crippen LogP contribution in [0.2, 0.25) is 0 Å². The van der Waals surface area contributed by atoms with Crippen LogP contribution in [0.4, 0.5) is 5.69 Å². The second kappa shape index (κ2) is 6.62. The van der Waals surface area contributed by atoms with Crippen molar-refractivity contribution >= 4 is 5.69 Å². The van der Waals surface area contributed by atoms with E-state index in [-0.39, 0.29) is 5.56 Å². The van der Waals surface area contributed by atoms with Crippen LogP contribution >= 0.6 is 0 Å². The summed E-state index contributed by atoms with van der Waals surface area (Å²) in [6.45, 7) is 6.51. The molecule has 5 heteroatoms. The maximum Gasteiger partial charge on any atom is 0.250 e. The van der Waals surface area contributed by atoms with Crippen LogP contribution in [0, 0.1) is 0 Å². The van der Waals surface area contributed by atoms with Crippen LogP contribution in [0.5, 0.6) is 0 Å². The Hall–Kier alpha value is -1.33. The summed E-state index contributed by atoms with van der Waals surface area (Å²) in [5.74, 6) is 0. The first-order valence-corrected chi connectivity index (χ1v) is 8.15. The van der Waals surface area contributed by atoms with Crippen LogP contribution in [0.3, 0.4) is 0 Å². The number of hydrogen-bond acceptors (Lipinski definition) is 4. The molecule has 0 aromatic carbocycles. The molecule has 2 aliphatic rings. The summed E-state index contributed by atoms with van der Waals surface area (Å²) in [6, 6.07) is 3.94. The SMILES string of the molecule is Nc1ccc(=O)n(CCN2CCC(N3CCCCC3)C2)c1. The molecule has 2 N–H and O–H groups in total. The van der Waals surface area contributed by atoms with Crippen LogP contribution in [-0.4, -0.2) is 53.1 Å². The number of piperidine rings is 1. The molecule has 1 aromatic rings. The minimum atomic E-state index is 0.0379. The van der Waals surface area contributed by atoms with Gasteiger partial charge in [-0.2, -0.15) is 0 Å². The van der Waals surface area contributed by atoms with Crippen LogP contribution in [-0.2, 0) is 6.54 Å². The van der Waals surface area contributed by atoms with Crippen molar-refractivity contribution in [3.8, 4) is 0 Å². The molecule has 0 saturated carbocycles. The molecular formula is C16H26N4O. The third-order valence-corrected chi connectivity index (χ3v) is 4.82. The summed E-state index contributed by atoms with van der Waals surface area (Å²) in [4.78, 5) is 16.9. The molecule has 0 amide bonds. The van der Waals surface area contributed by atoms with Gasteiger partial charge in [-0.05, 0) is 45.0 Å². The molecule has 2 aliphatic heterocycles. The van der Waals surface area contributed by atoms with E-state index in [4.69, 9.17) is 5.73 Å². The van der Waals surface area contributed by atoms with Gasteiger partial charge in [0.2, 0.25) is 0 Å². The van der Waals surface area contributed by atoms with Gasteiger partial charge >= 0.3 is 0 Å². The van der Waals surface area contributed by atoms with Crippen molar-refractivity contribution in [3.05, 3.63) is 28.7 Å². The molecule has 0 bridgehead atoms. The minimum absolute atomic E-state index is 0.0379. The average Bonchev–Trinajstić information content (AvgIpc) is 2.98. The number of rotatable bonds is 4. The number of likely N-dealkylation sites (tertiary alicyclic amines) is 2. The number of nitrogen functional groups attached to an aromatic ring is 1. The maximum atomic E-state index is 11.8. The second-order valence-electron chi connectivity index (χ2n) is 6.33. The zero-order chi connectivity index (χ0) is 14.7. The van der Waals surface area contributed by atoms with E-state index in [0.29, 0.717) is 5.69 Å². The smallest absolute Gasteiger partial charge is 0.250 e. The van der Waals surface area contributed by atoms with Gasteiger partial charge in [-0.15, -0.1) is 0 Å². The molecule has 21 heavy (non-hydrogen) atoms. The Morgan fingerprint density at radius 1 is 1.10 bits per heavy atom. The molecule has 5 nitrogen and oxygen atoms in total. The Morgan fingerprint density at radius 2 is 1.90 bits per heavy atom. The standard InChI is InChI=1S/C16H26N4O/c17-14-4-5-16(21)20(12-14)11-10-18-9-6-15(13-18)19-7-2-1-3-8-19/h4-5,12,15H,1-3,6-11,13,17H2. The summed E-state index contributed by atoms with van der Waals surface area (Å²) >= 11 is 0. The Bertz CT molecular complexity index is 521. The van der Waals surface area contributed by atoms with Gasteiger partial charge in [-0.1, -0.05) is 6.42 Å². The number of anilines is 1. The van der Waals surface area contributed by atoms with Crippen molar-refractivity contribution in [2.45, 2.75) is 38.3 Å². The van der Waals surface area contributed by atoms with E-state index in [1.807, 2.05) is 0 Å². The molecule has 3 rings (SSSR count). The number of nitrogens with two attached hydrogens (primary N) is 1. The van der Waals surface area contributed by atoms with Crippen molar-refractivity contribution in [3.63, 3.8) is 0 Å². The van der Waals surface area contributed by atoms with E-state index in [2.05, 4.69) is 9.80 Å². The van der Waals surface area contributed by atoms with Crippen molar-refractivity contribution in [2.75, 3.05) is 38.5 Å². The maximum absolute atomic E-state index is 11.8. The van der Waals surface area contributed by atoms with Gasteiger partial charge in [0, 0.05) is 43.6 Å². The quantitative estimate of drug-likeness (QED) is 0.898. The van der Waals surface area contributed by atoms with Gasteiger partial charge in [0.15, 0.2) is 0 Å². The summed E-state index contributed by atoms with van der Waals surface area (Å²) < 4.78 is 1.73. The summed E-state index contributed by atoms with van der Waals surface area (Å²) in [6.07, 6.45) is 7.13. The zero-order valence-electron chi connectivity index (χ0n) is 12.7. The fourth-order valence-electron chi connectivity index (χ4n) is 3.57. The first-order chi connectivity index (χ1) is 10.2. The van der Waals surface area contributed by atoms with E-state index in [9.17, 15) is 4.79 Å². The Balaban J connectivity index is 1.50. The van der Waals surface area contributed by atoms with E-state index in [1.54, 1.807) is 22.9 Å². The molecule has 2 fully saturated rings. The van der Waals surface area contributed by atoms with Crippen molar-refractivity contribution in [1.82, 2.24) is 14.4 Å². The summed E-state index contributed by atoms with van der Waals surface area (Å²) in [5.41, 5.74) is 6.44. The topological polar surface area (TPSA) is 54.5 Å². The largest absolute Gasteiger partial charge is 0.398 e. The molecule has 1 aromatic heterocycles. The van der Waals surface area contributed by atoms with E-state index in [0.717, 1.165) is 32.2 Å². The molecule has 0 radical (unpaired) electrons. The van der Waals surface area contributed by atoms with Crippen LogP contribution < -0.4 is 11.3 Å². The fraction of sp³-hybridized carbons (Fsp3) is 0.688. The predicted molar refractivity (Wildman–Crippen MR) is 85.4 cm³/mol. The lowest BCUT2D eigenvalue weighted by Crippen LogP contribution is -2.41. The molecule has 1 unspecified atom stereocenters. The highest BCUT2D eigenvalue weighted by Gasteiger charge is 2.28. The van der Waals surface area contributed by atoms with E-state index in [1.165, 1.54) is 38.8 Å². The average molecular weight is 290 g/mol. The van der Waals surface area contributed by atoms with E-state index < -0.39 is 0 Å². The zero-order valence-corrected chi connectivity index (χ0v) is 12.7. The highest BCUT2D eigenvalue weighted by Crippen LogP contribution is 2.19. The van der Waals surface area contributed by atoms with Crippen molar-refractivity contribution in [1.29, 1.82) is 0 Å². The first kappa shape index (κ1) is 14.6. The molecular weight excluding hydrogens is 264 g/mol. The lowest BCUT2D eigenvalue weighted by molar-refractivity contribution is 0.161. The fourth-order valence-corrected chi connectivity index (χ4v) is 3.57. The van der Waals surface area contributed by atoms with Gasteiger partial charge in [0.1, 0.15) is 0 Å². The van der Waals surface area contributed by atoms with Crippen LogP contribution in [0.25, 0.3) is 0 Å².